The second-order valence-corrected chi connectivity index (χ2v) is 5.01. The van der Waals surface area contributed by atoms with E-state index in [4.69, 9.17) is 5.11 Å². The van der Waals surface area contributed by atoms with Crippen LogP contribution in [0, 0.1) is 0 Å². The Labute approximate surface area is 58.6 Å². The second kappa shape index (κ2) is 4.53. The van der Waals surface area contributed by atoms with Gasteiger partial charge in [-0.1, -0.05) is 35.4 Å². The van der Waals surface area contributed by atoms with E-state index in [1.807, 2.05) is 0 Å². The number of aliphatic hydroxyl groups is 1. The maximum absolute atomic E-state index is 8.74. The molecule has 8 heavy (non-hydrogen) atoms. The molecule has 0 aromatic heterocycles. The molecule has 0 aliphatic rings. The molecule has 1 unspecified atom stereocenters. The lowest BCUT2D eigenvalue weighted by Crippen LogP contribution is -1.90. The van der Waals surface area contributed by atoms with E-state index >= 15 is 0 Å². The molecule has 0 spiro atoms. The monoisotopic (exact) mass is 152 g/mol. The smallest absolute Gasteiger partial charge is 0.106 e. The second-order valence-electron chi connectivity index (χ2n) is 1.84. The zero-order valence-corrected chi connectivity index (χ0v) is 7.05. The van der Waals surface area contributed by atoms with Crippen LogP contribution in [0.15, 0.2) is 0 Å². The van der Waals surface area contributed by atoms with Crippen LogP contribution < -0.4 is 0 Å². The van der Waals surface area contributed by atoms with Crippen molar-refractivity contribution >= 4 is 21.6 Å². The largest absolute Gasteiger partial charge is 0.382 e. The lowest BCUT2D eigenvalue weighted by Gasteiger charge is -2.04. The summed E-state index contributed by atoms with van der Waals surface area (Å²) in [5.74, 6) is 0. The van der Waals surface area contributed by atoms with Crippen LogP contribution in [0.25, 0.3) is 0 Å². The summed E-state index contributed by atoms with van der Waals surface area (Å²) >= 11 is 0. The Morgan fingerprint density at radius 2 is 1.62 bits per heavy atom. The van der Waals surface area contributed by atoms with Crippen LogP contribution in [-0.4, -0.2) is 15.8 Å². The SMILES string of the molecule is CC(C)SSC(C)O. The van der Waals surface area contributed by atoms with Crippen molar-refractivity contribution in [3.05, 3.63) is 0 Å². The minimum absolute atomic E-state index is 0.234. The fourth-order valence-corrected chi connectivity index (χ4v) is 1.72. The predicted molar refractivity (Wildman–Crippen MR) is 42.0 cm³/mol. The van der Waals surface area contributed by atoms with Gasteiger partial charge in [0.1, 0.15) is 5.44 Å². The van der Waals surface area contributed by atoms with Crippen LogP contribution >= 0.6 is 21.6 Å². The quantitative estimate of drug-likeness (QED) is 0.494. The van der Waals surface area contributed by atoms with Crippen LogP contribution in [0.3, 0.4) is 0 Å². The van der Waals surface area contributed by atoms with Crippen LogP contribution in [0.4, 0.5) is 0 Å². The summed E-state index contributed by atoms with van der Waals surface area (Å²) < 4.78 is 0. The van der Waals surface area contributed by atoms with E-state index in [9.17, 15) is 0 Å². The first-order valence-electron chi connectivity index (χ1n) is 2.63. The summed E-state index contributed by atoms with van der Waals surface area (Å²) in [6.07, 6.45) is 0. The van der Waals surface area contributed by atoms with E-state index in [1.165, 1.54) is 10.8 Å². The van der Waals surface area contributed by atoms with Gasteiger partial charge in [0.2, 0.25) is 0 Å². The zero-order chi connectivity index (χ0) is 6.57. The maximum Gasteiger partial charge on any atom is 0.106 e. The lowest BCUT2D eigenvalue weighted by atomic mass is 10.6. The molecule has 0 radical (unpaired) electrons. The van der Waals surface area contributed by atoms with Crippen molar-refractivity contribution in [1.29, 1.82) is 0 Å². The third-order valence-electron chi connectivity index (χ3n) is 0.387. The summed E-state index contributed by atoms with van der Waals surface area (Å²) in [7, 11) is 3.22. The Kier molecular flexibility index (Phi) is 4.90. The van der Waals surface area contributed by atoms with E-state index in [-0.39, 0.29) is 5.44 Å². The normalized spacial score (nSPS) is 14.6. The summed E-state index contributed by atoms with van der Waals surface area (Å²) in [4.78, 5) is 0. The molecule has 0 aromatic rings. The van der Waals surface area contributed by atoms with Crippen LogP contribution in [0.1, 0.15) is 20.8 Å². The molecule has 3 heteroatoms. The van der Waals surface area contributed by atoms with Gasteiger partial charge in [0.05, 0.1) is 0 Å². The predicted octanol–water partition coefficient (Wildman–Crippen LogP) is 2.11. The van der Waals surface area contributed by atoms with E-state index < -0.39 is 0 Å². The number of aliphatic hydroxyl groups excluding tert-OH is 1. The maximum atomic E-state index is 8.74. The highest BCUT2D eigenvalue weighted by atomic mass is 33.1. The Balaban J connectivity index is 2.93. The lowest BCUT2D eigenvalue weighted by molar-refractivity contribution is 0.285. The first-order chi connectivity index (χ1) is 3.63. The Morgan fingerprint density at radius 3 is 1.75 bits per heavy atom. The van der Waals surface area contributed by atoms with Gasteiger partial charge in [-0.05, 0) is 6.92 Å². The molecule has 0 saturated carbocycles. The third-order valence-corrected chi connectivity index (χ3v) is 3.49. The molecule has 1 N–H and O–H groups in total. The Bertz CT molecular complexity index is 46.4. The molecule has 0 aromatic carbocycles. The van der Waals surface area contributed by atoms with Crippen molar-refractivity contribution in [2.45, 2.75) is 31.5 Å². The molecule has 0 bridgehead atoms. The molecule has 0 saturated heterocycles. The Hall–Kier alpha value is 0.660. The molecule has 1 nitrogen and oxygen atoms in total. The summed E-state index contributed by atoms with van der Waals surface area (Å²) in [6.45, 7) is 6.00. The average molecular weight is 152 g/mol. The summed E-state index contributed by atoms with van der Waals surface area (Å²) in [6, 6.07) is 0. The number of rotatable bonds is 3. The molecule has 0 aliphatic carbocycles. The topological polar surface area (TPSA) is 20.2 Å². The van der Waals surface area contributed by atoms with E-state index in [0.29, 0.717) is 5.25 Å². The van der Waals surface area contributed by atoms with Crippen molar-refractivity contribution in [3.8, 4) is 0 Å². The van der Waals surface area contributed by atoms with Gasteiger partial charge in [-0.25, -0.2) is 0 Å². The van der Waals surface area contributed by atoms with E-state index in [1.54, 1.807) is 17.7 Å². The molecule has 0 heterocycles. The molecule has 0 aliphatic heterocycles. The van der Waals surface area contributed by atoms with Gasteiger partial charge in [-0.2, -0.15) is 0 Å². The molecule has 1 atom stereocenters. The van der Waals surface area contributed by atoms with Gasteiger partial charge >= 0.3 is 0 Å². The van der Waals surface area contributed by atoms with Gasteiger partial charge in [0.15, 0.2) is 0 Å². The van der Waals surface area contributed by atoms with E-state index in [2.05, 4.69) is 13.8 Å². The fraction of sp³-hybridized carbons (Fsp3) is 1.00. The van der Waals surface area contributed by atoms with Crippen molar-refractivity contribution < 1.29 is 5.11 Å². The third kappa shape index (κ3) is 6.66. The van der Waals surface area contributed by atoms with Gasteiger partial charge in [0.25, 0.3) is 0 Å². The first kappa shape index (κ1) is 8.66. The van der Waals surface area contributed by atoms with Crippen LogP contribution in [-0.2, 0) is 0 Å². The summed E-state index contributed by atoms with van der Waals surface area (Å²) in [5.41, 5.74) is -0.234. The van der Waals surface area contributed by atoms with Gasteiger partial charge in [0, 0.05) is 5.25 Å². The first-order valence-corrected chi connectivity index (χ1v) is 4.90. The Morgan fingerprint density at radius 1 is 1.12 bits per heavy atom. The highest BCUT2D eigenvalue weighted by Gasteiger charge is 1.98. The minimum Gasteiger partial charge on any atom is -0.382 e. The minimum atomic E-state index is -0.234. The van der Waals surface area contributed by atoms with Gasteiger partial charge < -0.3 is 5.11 Å². The van der Waals surface area contributed by atoms with E-state index in [0.717, 1.165) is 0 Å². The molecule has 0 amide bonds. The van der Waals surface area contributed by atoms with Crippen molar-refractivity contribution in [2.24, 2.45) is 0 Å². The number of hydrogen-bond acceptors (Lipinski definition) is 3. The molecular weight excluding hydrogens is 140 g/mol. The molecule has 0 rings (SSSR count). The van der Waals surface area contributed by atoms with Crippen molar-refractivity contribution in [1.82, 2.24) is 0 Å². The standard InChI is InChI=1S/C5H12OS2/c1-4(2)7-8-5(3)6/h4-6H,1-3H3. The average Bonchev–Trinajstić information content (AvgIpc) is 1.61. The number of hydrogen-bond donors (Lipinski definition) is 1. The fourth-order valence-electron chi connectivity index (χ4n) is 0.192. The van der Waals surface area contributed by atoms with Crippen molar-refractivity contribution in [3.63, 3.8) is 0 Å². The zero-order valence-electron chi connectivity index (χ0n) is 5.42. The van der Waals surface area contributed by atoms with Gasteiger partial charge in [-0.15, -0.1) is 0 Å². The highest BCUT2D eigenvalue weighted by Crippen LogP contribution is 2.28. The van der Waals surface area contributed by atoms with Crippen molar-refractivity contribution in [2.75, 3.05) is 0 Å². The summed E-state index contributed by atoms with van der Waals surface area (Å²) in [5, 5.41) is 9.35. The van der Waals surface area contributed by atoms with Gasteiger partial charge in [-0.3, -0.25) is 0 Å². The molecule has 50 valence electrons. The van der Waals surface area contributed by atoms with Crippen LogP contribution in [0.5, 0.6) is 0 Å². The van der Waals surface area contributed by atoms with Crippen LogP contribution in [0.2, 0.25) is 0 Å². The molecule has 0 fully saturated rings. The molecular formula is C5H12OS2. The highest BCUT2D eigenvalue weighted by molar-refractivity contribution is 8.77.